The normalized spacial score (nSPS) is 17.6. The van der Waals surface area contributed by atoms with Crippen molar-refractivity contribution in [2.45, 2.75) is 38.6 Å². The predicted molar refractivity (Wildman–Crippen MR) is 72.2 cm³/mol. The van der Waals surface area contributed by atoms with Crippen LogP contribution >= 0.6 is 11.6 Å². The van der Waals surface area contributed by atoms with Crippen molar-refractivity contribution in [2.75, 3.05) is 13.6 Å². The van der Waals surface area contributed by atoms with Gasteiger partial charge in [-0.1, -0.05) is 36.9 Å². The first-order valence-electron chi connectivity index (χ1n) is 6.53. The number of rotatable bonds is 4. The van der Waals surface area contributed by atoms with Crippen molar-refractivity contribution in [3.8, 4) is 0 Å². The molecule has 1 fully saturated rings. The van der Waals surface area contributed by atoms with Crippen molar-refractivity contribution >= 4 is 11.6 Å². The molecule has 94 valence electrons. The Morgan fingerprint density at radius 3 is 2.82 bits per heavy atom. The molecular formula is C14H21ClN2. The summed E-state index contributed by atoms with van der Waals surface area (Å²) in [6, 6.07) is 4.02. The summed E-state index contributed by atoms with van der Waals surface area (Å²) >= 11 is 6.07. The lowest BCUT2D eigenvalue weighted by Crippen LogP contribution is -2.26. The second kappa shape index (κ2) is 6.36. The first-order chi connectivity index (χ1) is 8.25. The summed E-state index contributed by atoms with van der Waals surface area (Å²) in [7, 11) is 2.18. The van der Waals surface area contributed by atoms with Gasteiger partial charge in [0.25, 0.3) is 0 Å². The second-order valence-electron chi connectivity index (χ2n) is 5.15. The van der Waals surface area contributed by atoms with Gasteiger partial charge in [-0.3, -0.25) is 0 Å². The first kappa shape index (κ1) is 12.8. The molecule has 0 N–H and O–H groups in total. The van der Waals surface area contributed by atoms with Gasteiger partial charge >= 0.3 is 0 Å². The highest BCUT2D eigenvalue weighted by Crippen LogP contribution is 2.24. The smallest absolute Gasteiger partial charge is 0.133 e. The molecular weight excluding hydrogens is 232 g/mol. The summed E-state index contributed by atoms with van der Waals surface area (Å²) in [6.45, 7) is 2.09. The van der Waals surface area contributed by atoms with Crippen molar-refractivity contribution < 1.29 is 0 Å². The summed E-state index contributed by atoms with van der Waals surface area (Å²) in [5.74, 6) is 0.879. The van der Waals surface area contributed by atoms with Crippen molar-refractivity contribution in [3.63, 3.8) is 0 Å². The maximum atomic E-state index is 6.07. The van der Waals surface area contributed by atoms with Crippen LogP contribution in [0.1, 0.15) is 37.7 Å². The highest BCUT2D eigenvalue weighted by molar-refractivity contribution is 6.30. The molecule has 0 unspecified atom stereocenters. The second-order valence-corrected chi connectivity index (χ2v) is 5.51. The van der Waals surface area contributed by atoms with E-state index in [0.29, 0.717) is 5.15 Å². The van der Waals surface area contributed by atoms with E-state index >= 15 is 0 Å². The summed E-state index contributed by atoms with van der Waals surface area (Å²) in [5, 5.41) is 0.642. The molecule has 1 aliphatic carbocycles. The van der Waals surface area contributed by atoms with Gasteiger partial charge in [0.1, 0.15) is 5.15 Å². The quantitative estimate of drug-likeness (QED) is 0.759. The maximum Gasteiger partial charge on any atom is 0.133 e. The van der Waals surface area contributed by atoms with E-state index in [0.717, 1.165) is 18.0 Å². The van der Waals surface area contributed by atoms with E-state index in [-0.39, 0.29) is 0 Å². The molecule has 0 spiro atoms. The third-order valence-corrected chi connectivity index (χ3v) is 3.91. The van der Waals surface area contributed by atoms with Crippen LogP contribution in [-0.2, 0) is 6.54 Å². The van der Waals surface area contributed by atoms with Gasteiger partial charge < -0.3 is 4.90 Å². The minimum absolute atomic E-state index is 0.642. The van der Waals surface area contributed by atoms with Crippen molar-refractivity contribution in [2.24, 2.45) is 5.92 Å². The zero-order valence-electron chi connectivity index (χ0n) is 10.5. The number of halogens is 1. The average Bonchev–Trinajstić information content (AvgIpc) is 2.33. The largest absolute Gasteiger partial charge is 0.302 e. The van der Waals surface area contributed by atoms with E-state index in [1.54, 1.807) is 6.20 Å². The van der Waals surface area contributed by atoms with Gasteiger partial charge in [0.15, 0.2) is 0 Å². The van der Waals surface area contributed by atoms with Crippen LogP contribution in [0.25, 0.3) is 0 Å². The Morgan fingerprint density at radius 2 is 2.12 bits per heavy atom. The van der Waals surface area contributed by atoms with Gasteiger partial charge in [-0.25, -0.2) is 4.98 Å². The van der Waals surface area contributed by atoms with E-state index < -0.39 is 0 Å². The number of nitrogens with zero attached hydrogens (tertiary/aromatic N) is 2. The lowest BCUT2D eigenvalue weighted by atomic mass is 9.89. The molecule has 0 radical (unpaired) electrons. The standard InChI is InChI=1S/C14H21ClN2/c1-17(10-12-6-3-2-4-7-12)11-13-8-5-9-16-14(13)15/h5,8-9,12H,2-4,6-7,10-11H2,1H3. The van der Waals surface area contributed by atoms with E-state index in [9.17, 15) is 0 Å². The van der Waals surface area contributed by atoms with E-state index in [2.05, 4.69) is 23.0 Å². The Bertz CT molecular complexity index is 348. The number of hydrogen-bond donors (Lipinski definition) is 0. The van der Waals surface area contributed by atoms with Crippen molar-refractivity contribution in [3.05, 3.63) is 29.0 Å². The van der Waals surface area contributed by atoms with E-state index in [1.165, 1.54) is 38.6 Å². The van der Waals surface area contributed by atoms with Crippen LogP contribution in [0.3, 0.4) is 0 Å². The zero-order valence-corrected chi connectivity index (χ0v) is 11.3. The molecule has 1 aromatic heterocycles. The average molecular weight is 253 g/mol. The maximum absolute atomic E-state index is 6.07. The Kier molecular flexibility index (Phi) is 4.81. The molecule has 17 heavy (non-hydrogen) atoms. The molecule has 0 saturated heterocycles. The minimum atomic E-state index is 0.642. The number of hydrogen-bond acceptors (Lipinski definition) is 2. The molecule has 1 heterocycles. The summed E-state index contributed by atoms with van der Waals surface area (Å²) < 4.78 is 0. The van der Waals surface area contributed by atoms with Gasteiger partial charge in [0, 0.05) is 24.8 Å². The number of aromatic nitrogens is 1. The molecule has 0 aliphatic heterocycles. The molecule has 2 rings (SSSR count). The fourth-order valence-corrected chi connectivity index (χ4v) is 2.88. The van der Waals surface area contributed by atoms with Gasteiger partial charge in [0.05, 0.1) is 0 Å². The van der Waals surface area contributed by atoms with Crippen molar-refractivity contribution in [1.29, 1.82) is 0 Å². The Balaban J connectivity index is 1.84. The Hall–Kier alpha value is -0.600. The topological polar surface area (TPSA) is 16.1 Å². The first-order valence-corrected chi connectivity index (χ1v) is 6.91. The monoisotopic (exact) mass is 252 g/mol. The molecule has 1 aromatic rings. The van der Waals surface area contributed by atoms with Crippen LogP contribution in [-0.4, -0.2) is 23.5 Å². The van der Waals surface area contributed by atoms with Crippen LogP contribution in [0.2, 0.25) is 5.15 Å². The molecule has 1 aliphatic rings. The number of pyridine rings is 1. The van der Waals surface area contributed by atoms with Crippen LogP contribution < -0.4 is 0 Å². The lowest BCUT2D eigenvalue weighted by molar-refractivity contribution is 0.228. The van der Waals surface area contributed by atoms with Crippen LogP contribution in [0.4, 0.5) is 0 Å². The molecule has 2 nitrogen and oxygen atoms in total. The Labute approximate surface area is 109 Å². The van der Waals surface area contributed by atoms with Crippen LogP contribution in [0.15, 0.2) is 18.3 Å². The third kappa shape index (κ3) is 3.97. The van der Waals surface area contributed by atoms with E-state index in [1.807, 2.05) is 6.07 Å². The summed E-state index contributed by atoms with van der Waals surface area (Å²) in [5.41, 5.74) is 1.13. The molecule has 0 amide bonds. The van der Waals surface area contributed by atoms with Crippen molar-refractivity contribution in [1.82, 2.24) is 9.88 Å². The third-order valence-electron chi connectivity index (χ3n) is 3.57. The van der Waals surface area contributed by atoms with E-state index in [4.69, 9.17) is 11.6 Å². The minimum Gasteiger partial charge on any atom is -0.302 e. The van der Waals surface area contributed by atoms with Gasteiger partial charge in [-0.15, -0.1) is 0 Å². The lowest BCUT2D eigenvalue weighted by Gasteiger charge is -2.27. The molecule has 0 atom stereocenters. The van der Waals surface area contributed by atoms with Gasteiger partial charge in [0.2, 0.25) is 0 Å². The van der Waals surface area contributed by atoms with Crippen LogP contribution in [0.5, 0.6) is 0 Å². The highest BCUT2D eigenvalue weighted by Gasteiger charge is 2.15. The van der Waals surface area contributed by atoms with Gasteiger partial charge in [-0.2, -0.15) is 0 Å². The predicted octanol–water partition coefficient (Wildman–Crippen LogP) is 3.75. The summed E-state index contributed by atoms with van der Waals surface area (Å²) in [4.78, 5) is 6.49. The summed E-state index contributed by atoms with van der Waals surface area (Å²) in [6.07, 6.45) is 8.77. The molecule has 1 saturated carbocycles. The fourth-order valence-electron chi connectivity index (χ4n) is 2.70. The molecule has 3 heteroatoms. The van der Waals surface area contributed by atoms with Gasteiger partial charge in [-0.05, 0) is 31.9 Å². The Morgan fingerprint density at radius 1 is 1.35 bits per heavy atom. The molecule has 0 bridgehead atoms. The van der Waals surface area contributed by atoms with Crippen LogP contribution in [0, 0.1) is 5.92 Å². The SMILES string of the molecule is CN(Cc1cccnc1Cl)CC1CCCCC1. The highest BCUT2D eigenvalue weighted by atomic mass is 35.5. The fraction of sp³-hybridized carbons (Fsp3) is 0.643. The molecule has 0 aromatic carbocycles. The zero-order chi connectivity index (χ0) is 12.1.